The Morgan fingerprint density at radius 1 is 1.23 bits per heavy atom. The van der Waals surface area contributed by atoms with E-state index in [-0.39, 0.29) is 6.10 Å². The number of hydrogen-bond donors (Lipinski definition) is 0. The Morgan fingerprint density at radius 3 is 2.77 bits per heavy atom. The molecule has 4 nitrogen and oxygen atoms in total. The SMILES string of the molecule is Cc1cc(OC(C)c2nnc(SCc3cccc(Br)c3)n2C)ccc1Cl. The molecule has 0 fully saturated rings. The summed E-state index contributed by atoms with van der Waals surface area (Å²) in [4.78, 5) is 0. The Labute approximate surface area is 171 Å². The number of ether oxygens (including phenoxy) is 1. The fourth-order valence-corrected chi connectivity index (χ4v) is 3.95. The van der Waals surface area contributed by atoms with Crippen molar-refractivity contribution in [1.29, 1.82) is 0 Å². The van der Waals surface area contributed by atoms with E-state index in [1.807, 2.05) is 55.8 Å². The molecule has 26 heavy (non-hydrogen) atoms. The lowest BCUT2D eigenvalue weighted by Crippen LogP contribution is -2.10. The van der Waals surface area contributed by atoms with Crippen molar-refractivity contribution >= 4 is 39.3 Å². The van der Waals surface area contributed by atoms with Crippen LogP contribution in [0.1, 0.15) is 30.0 Å². The van der Waals surface area contributed by atoms with Crippen LogP contribution in [0.2, 0.25) is 5.02 Å². The van der Waals surface area contributed by atoms with Gasteiger partial charge in [0.15, 0.2) is 17.1 Å². The van der Waals surface area contributed by atoms with Crippen LogP contribution >= 0.6 is 39.3 Å². The number of aromatic nitrogens is 3. The average molecular weight is 453 g/mol. The van der Waals surface area contributed by atoms with Gasteiger partial charge in [-0.2, -0.15) is 0 Å². The summed E-state index contributed by atoms with van der Waals surface area (Å²) in [5.41, 5.74) is 2.22. The van der Waals surface area contributed by atoms with Crippen LogP contribution in [-0.2, 0) is 12.8 Å². The van der Waals surface area contributed by atoms with Crippen LogP contribution in [-0.4, -0.2) is 14.8 Å². The highest BCUT2D eigenvalue weighted by molar-refractivity contribution is 9.10. The van der Waals surface area contributed by atoms with Crippen molar-refractivity contribution < 1.29 is 4.74 Å². The molecule has 0 aliphatic heterocycles. The molecule has 1 unspecified atom stereocenters. The van der Waals surface area contributed by atoms with Gasteiger partial charge in [-0.05, 0) is 55.3 Å². The maximum absolute atomic E-state index is 6.07. The van der Waals surface area contributed by atoms with E-state index in [0.29, 0.717) is 0 Å². The van der Waals surface area contributed by atoms with E-state index in [1.165, 1.54) is 5.56 Å². The molecule has 0 saturated carbocycles. The largest absolute Gasteiger partial charge is 0.483 e. The van der Waals surface area contributed by atoms with Crippen LogP contribution in [0.15, 0.2) is 52.1 Å². The van der Waals surface area contributed by atoms with Crippen molar-refractivity contribution in [1.82, 2.24) is 14.8 Å². The molecular formula is C19H19BrClN3OS. The van der Waals surface area contributed by atoms with Crippen molar-refractivity contribution in [3.63, 3.8) is 0 Å². The summed E-state index contributed by atoms with van der Waals surface area (Å²) in [5, 5.41) is 10.2. The monoisotopic (exact) mass is 451 g/mol. The van der Waals surface area contributed by atoms with Gasteiger partial charge in [0.25, 0.3) is 0 Å². The molecule has 0 N–H and O–H groups in total. The second kappa shape index (κ2) is 8.46. The molecule has 7 heteroatoms. The molecule has 0 aliphatic carbocycles. The first-order chi connectivity index (χ1) is 12.4. The lowest BCUT2D eigenvalue weighted by atomic mass is 10.2. The van der Waals surface area contributed by atoms with E-state index in [1.54, 1.807) is 11.8 Å². The third-order valence-electron chi connectivity index (χ3n) is 3.93. The van der Waals surface area contributed by atoms with Gasteiger partial charge in [-0.25, -0.2) is 0 Å². The van der Waals surface area contributed by atoms with Gasteiger partial charge in [0.2, 0.25) is 0 Å². The maximum Gasteiger partial charge on any atom is 0.191 e. The van der Waals surface area contributed by atoms with Gasteiger partial charge in [-0.15, -0.1) is 10.2 Å². The Balaban J connectivity index is 1.68. The number of aryl methyl sites for hydroxylation is 1. The zero-order chi connectivity index (χ0) is 18.7. The van der Waals surface area contributed by atoms with Gasteiger partial charge in [0.05, 0.1) is 0 Å². The molecule has 0 amide bonds. The molecule has 0 spiro atoms. The third-order valence-corrected chi connectivity index (χ3v) is 5.94. The van der Waals surface area contributed by atoms with E-state index in [9.17, 15) is 0 Å². The quantitative estimate of drug-likeness (QED) is 0.432. The summed E-state index contributed by atoms with van der Waals surface area (Å²) in [6.45, 7) is 3.93. The minimum atomic E-state index is -0.215. The Hall–Kier alpha value is -1.50. The predicted molar refractivity (Wildman–Crippen MR) is 110 cm³/mol. The van der Waals surface area contributed by atoms with Gasteiger partial charge >= 0.3 is 0 Å². The van der Waals surface area contributed by atoms with Crippen molar-refractivity contribution in [2.24, 2.45) is 7.05 Å². The van der Waals surface area contributed by atoms with E-state index < -0.39 is 0 Å². The molecule has 1 heterocycles. The zero-order valence-electron chi connectivity index (χ0n) is 14.7. The summed E-state index contributed by atoms with van der Waals surface area (Å²) in [7, 11) is 1.96. The number of rotatable bonds is 6. The highest BCUT2D eigenvalue weighted by Gasteiger charge is 2.17. The molecule has 136 valence electrons. The lowest BCUT2D eigenvalue weighted by Gasteiger charge is -2.15. The molecule has 0 saturated heterocycles. The van der Waals surface area contributed by atoms with E-state index in [2.05, 4.69) is 38.3 Å². The van der Waals surface area contributed by atoms with E-state index >= 15 is 0 Å². The molecular weight excluding hydrogens is 434 g/mol. The Bertz CT molecular complexity index is 916. The molecule has 0 radical (unpaired) electrons. The second-order valence-electron chi connectivity index (χ2n) is 5.99. The molecule has 1 aromatic heterocycles. The van der Waals surface area contributed by atoms with Crippen LogP contribution in [0.3, 0.4) is 0 Å². The number of hydrogen-bond acceptors (Lipinski definition) is 4. The van der Waals surface area contributed by atoms with Gasteiger partial charge < -0.3 is 9.30 Å². The van der Waals surface area contributed by atoms with Crippen molar-refractivity contribution in [3.05, 3.63) is 68.9 Å². The topological polar surface area (TPSA) is 39.9 Å². The second-order valence-corrected chi connectivity index (χ2v) is 8.25. The predicted octanol–water partition coefficient (Wildman–Crippen LogP) is 5.97. The molecule has 2 aromatic carbocycles. The highest BCUT2D eigenvalue weighted by Crippen LogP contribution is 2.28. The van der Waals surface area contributed by atoms with Gasteiger partial charge in [0.1, 0.15) is 5.75 Å². The summed E-state index contributed by atoms with van der Waals surface area (Å²) >= 11 is 11.2. The summed E-state index contributed by atoms with van der Waals surface area (Å²) < 4.78 is 9.07. The van der Waals surface area contributed by atoms with E-state index in [4.69, 9.17) is 16.3 Å². The zero-order valence-corrected chi connectivity index (χ0v) is 17.9. The van der Waals surface area contributed by atoms with Crippen molar-refractivity contribution in [3.8, 4) is 5.75 Å². The first kappa shape index (κ1) is 19.3. The molecule has 3 rings (SSSR count). The number of thioether (sulfide) groups is 1. The van der Waals surface area contributed by atoms with Gasteiger partial charge in [-0.3, -0.25) is 0 Å². The Kier molecular flexibility index (Phi) is 6.27. The highest BCUT2D eigenvalue weighted by atomic mass is 79.9. The van der Waals surface area contributed by atoms with Gasteiger partial charge in [-0.1, -0.05) is 51.4 Å². The average Bonchev–Trinajstić information content (AvgIpc) is 2.97. The minimum Gasteiger partial charge on any atom is -0.483 e. The number of benzene rings is 2. The maximum atomic E-state index is 6.07. The number of nitrogens with zero attached hydrogens (tertiary/aromatic N) is 3. The van der Waals surface area contributed by atoms with Crippen LogP contribution < -0.4 is 4.74 Å². The van der Waals surface area contributed by atoms with Crippen molar-refractivity contribution in [2.45, 2.75) is 30.9 Å². The normalized spacial score (nSPS) is 12.2. The standard InChI is InChI=1S/C19H19BrClN3OS/c1-12-9-16(7-8-17(12)21)25-13(2)18-22-23-19(24(18)3)26-11-14-5-4-6-15(20)10-14/h4-10,13H,11H2,1-3H3. The van der Waals surface area contributed by atoms with Crippen LogP contribution in [0.5, 0.6) is 5.75 Å². The fraction of sp³-hybridized carbons (Fsp3) is 0.263. The first-order valence-electron chi connectivity index (χ1n) is 8.13. The Morgan fingerprint density at radius 2 is 2.04 bits per heavy atom. The first-order valence-corrected chi connectivity index (χ1v) is 10.3. The van der Waals surface area contributed by atoms with Crippen LogP contribution in [0, 0.1) is 6.92 Å². The van der Waals surface area contributed by atoms with E-state index in [0.717, 1.165) is 37.5 Å². The summed E-state index contributed by atoms with van der Waals surface area (Å²) in [6.07, 6.45) is -0.215. The third kappa shape index (κ3) is 4.61. The fourth-order valence-electron chi connectivity index (χ4n) is 2.53. The molecule has 3 aromatic rings. The van der Waals surface area contributed by atoms with Crippen LogP contribution in [0.25, 0.3) is 0 Å². The molecule has 1 atom stereocenters. The lowest BCUT2D eigenvalue weighted by molar-refractivity contribution is 0.211. The summed E-state index contributed by atoms with van der Waals surface area (Å²) in [6, 6.07) is 13.9. The minimum absolute atomic E-state index is 0.215. The summed E-state index contributed by atoms with van der Waals surface area (Å²) in [5.74, 6) is 2.39. The molecule has 0 aliphatic rings. The van der Waals surface area contributed by atoms with Gasteiger partial charge in [0, 0.05) is 22.3 Å². The van der Waals surface area contributed by atoms with Crippen molar-refractivity contribution in [2.75, 3.05) is 0 Å². The molecule has 0 bridgehead atoms. The number of halogens is 2. The van der Waals surface area contributed by atoms with Crippen LogP contribution in [0.4, 0.5) is 0 Å². The smallest absolute Gasteiger partial charge is 0.191 e.